The Hall–Kier alpha value is -4.25. The second-order valence-electron chi connectivity index (χ2n) is 9.93. The molecule has 0 amide bonds. The van der Waals surface area contributed by atoms with Gasteiger partial charge < -0.3 is 14.8 Å². The topological polar surface area (TPSA) is 115 Å². The summed E-state index contributed by atoms with van der Waals surface area (Å²) in [6.07, 6.45) is 5.34. The van der Waals surface area contributed by atoms with Crippen molar-refractivity contribution in [2.45, 2.75) is 30.7 Å². The molecule has 0 unspecified atom stereocenters. The molecule has 2 aromatic heterocycles. The molecule has 11 heteroatoms. The zero-order valence-corrected chi connectivity index (χ0v) is 24.3. The van der Waals surface area contributed by atoms with Crippen molar-refractivity contribution in [2.24, 2.45) is 0 Å². The van der Waals surface area contributed by atoms with Gasteiger partial charge in [0.2, 0.25) is 11.8 Å². The molecule has 42 heavy (non-hydrogen) atoms. The Morgan fingerprint density at radius 3 is 2.67 bits per heavy atom. The highest BCUT2D eigenvalue weighted by atomic mass is 35.5. The summed E-state index contributed by atoms with van der Waals surface area (Å²) in [5.41, 5.74) is 2.59. The standard InChI is InChI=1S/C31H28ClN5O4S/c1-20-13-14-22-23(8-4-11-27(22)37-42(38,39)28-12-3-2-10-25(28)32)29(20)41-30-24(9-5-16-33-30)26-15-17-34-31(36-26)35-21-7-6-18-40-19-21/h2-5,8-17,21,37H,6-7,18-19H2,1H3,(H,34,35,36)/t21-/m0/s1. The molecule has 0 radical (unpaired) electrons. The number of hydrogen-bond donors (Lipinski definition) is 2. The Kier molecular flexibility index (Phi) is 7.92. The lowest BCUT2D eigenvalue weighted by molar-refractivity contribution is 0.0874. The van der Waals surface area contributed by atoms with E-state index < -0.39 is 10.0 Å². The van der Waals surface area contributed by atoms with Crippen molar-refractivity contribution in [3.63, 3.8) is 0 Å². The van der Waals surface area contributed by atoms with Gasteiger partial charge in [-0.05, 0) is 61.7 Å². The summed E-state index contributed by atoms with van der Waals surface area (Å²) in [5.74, 6) is 1.42. The molecule has 9 nitrogen and oxygen atoms in total. The molecule has 2 N–H and O–H groups in total. The first-order valence-electron chi connectivity index (χ1n) is 13.5. The molecule has 5 aromatic rings. The third kappa shape index (κ3) is 5.87. The van der Waals surface area contributed by atoms with Crippen molar-refractivity contribution in [2.75, 3.05) is 23.3 Å². The number of nitrogens with zero attached hydrogens (tertiary/aromatic N) is 3. The monoisotopic (exact) mass is 601 g/mol. The van der Waals surface area contributed by atoms with Crippen LogP contribution in [-0.2, 0) is 14.8 Å². The van der Waals surface area contributed by atoms with Crippen LogP contribution in [0.1, 0.15) is 18.4 Å². The Balaban J connectivity index is 1.34. The molecule has 3 aromatic carbocycles. The number of pyridine rings is 1. The number of aryl methyl sites for hydroxylation is 1. The van der Waals surface area contributed by atoms with Gasteiger partial charge in [0.25, 0.3) is 10.0 Å². The van der Waals surface area contributed by atoms with Crippen LogP contribution in [-0.4, -0.2) is 42.6 Å². The van der Waals surface area contributed by atoms with Gasteiger partial charge in [0.15, 0.2) is 0 Å². The highest BCUT2D eigenvalue weighted by molar-refractivity contribution is 7.92. The molecule has 0 aliphatic carbocycles. The van der Waals surface area contributed by atoms with E-state index in [1.54, 1.807) is 42.7 Å². The Labute approximate surface area is 249 Å². The number of rotatable bonds is 8. The number of aromatic nitrogens is 3. The molecule has 0 saturated carbocycles. The molecule has 0 spiro atoms. The van der Waals surface area contributed by atoms with Crippen LogP contribution in [0.25, 0.3) is 22.0 Å². The quantitative estimate of drug-likeness (QED) is 0.199. The van der Waals surface area contributed by atoms with Crippen LogP contribution in [0.3, 0.4) is 0 Å². The SMILES string of the molecule is Cc1ccc2c(NS(=O)(=O)c3ccccc3Cl)cccc2c1Oc1ncccc1-c1ccnc(N[C@H]2CCCOC2)n1. The zero-order valence-electron chi connectivity index (χ0n) is 22.7. The number of hydrogen-bond acceptors (Lipinski definition) is 8. The fourth-order valence-electron chi connectivity index (χ4n) is 4.91. The Morgan fingerprint density at radius 2 is 1.83 bits per heavy atom. The van der Waals surface area contributed by atoms with Crippen LogP contribution in [0.2, 0.25) is 5.02 Å². The van der Waals surface area contributed by atoms with E-state index in [0.717, 1.165) is 25.0 Å². The summed E-state index contributed by atoms with van der Waals surface area (Å²) in [7, 11) is -3.94. The lowest BCUT2D eigenvalue weighted by Gasteiger charge is -2.23. The number of fused-ring (bicyclic) bond motifs is 1. The molecule has 1 aliphatic heterocycles. The maximum atomic E-state index is 13.2. The largest absolute Gasteiger partial charge is 0.437 e. The highest BCUT2D eigenvalue weighted by Gasteiger charge is 2.21. The maximum absolute atomic E-state index is 13.2. The van der Waals surface area contributed by atoms with Gasteiger partial charge in [-0.1, -0.05) is 48.0 Å². The summed E-state index contributed by atoms with van der Waals surface area (Å²) >= 11 is 6.19. The van der Waals surface area contributed by atoms with E-state index in [1.165, 1.54) is 6.07 Å². The zero-order chi connectivity index (χ0) is 29.1. The van der Waals surface area contributed by atoms with Gasteiger partial charge in [0, 0.05) is 29.8 Å². The van der Waals surface area contributed by atoms with Gasteiger partial charge in [-0.15, -0.1) is 0 Å². The number of ether oxygens (including phenoxy) is 2. The van der Waals surface area contributed by atoms with Crippen molar-refractivity contribution >= 4 is 44.0 Å². The molecule has 214 valence electrons. The van der Waals surface area contributed by atoms with E-state index in [2.05, 4.69) is 20.0 Å². The average Bonchev–Trinajstić information content (AvgIpc) is 2.99. The minimum absolute atomic E-state index is 0.0000971. The lowest BCUT2D eigenvalue weighted by atomic mass is 10.0. The van der Waals surface area contributed by atoms with Crippen LogP contribution in [0.4, 0.5) is 11.6 Å². The van der Waals surface area contributed by atoms with E-state index in [9.17, 15) is 8.42 Å². The van der Waals surface area contributed by atoms with E-state index in [-0.39, 0.29) is 16.0 Å². The molecular formula is C31H28ClN5O4S. The van der Waals surface area contributed by atoms with Crippen molar-refractivity contribution in [1.82, 2.24) is 15.0 Å². The van der Waals surface area contributed by atoms with Crippen LogP contribution >= 0.6 is 11.6 Å². The first-order valence-corrected chi connectivity index (χ1v) is 15.4. The number of benzene rings is 3. The summed E-state index contributed by atoms with van der Waals surface area (Å²) < 4.78 is 41.1. The van der Waals surface area contributed by atoms with Crippen molar-refractivity contribution < 1.29 is 17.9 Å². The Bertz CT molecular complexity index is 1860. The second kappa shape index (κ2) is 11.9. The number of halogens is 1. The maximum Gasteiger partial charge on any atom is 0.263 e. The molecule has 1 aliphatic rings. The molecule has 0 bridgehead atoms. The normalized spacial score (nSPS) is 15.3. The van der Waals surface area contributed by atoms with Gasteiger partial charge in [-0.3, -0.25) is 4.72 Å². The van der Waals surface area contributed by atoms with Gasteiger partial charge in [0.1, 0.15) is 10.6 Å². The summed E-state index contributed by atoms with van der Waals surface area (Å²) in [5, 5.41) is 4.88. The predicted molar refractivity (Wildman–Crippen MR) is 164 cm³/mol. The first kappa shape index (κ1) is 27.9. The summed E-state index contributed by atoms with van der Waals surface area (Å²) in [4.78, 5) is 13.6. The molecule has 1 fully saturated rings. The van der Waals surface area contributed by atoms with Crippen molar-refractivity contribution in [3.05, 3.63) is 95.8 Å². The van der Waals surface area contributed by atoms with Crippen LogP contribution in [0, 0.1) is 6.92 Å². The molecule has 6 rings (SSSR count). The minimum Gasteiger partial charge on any atom is -0.437 e. The van der Waals surface area contributed by atoms with Gasteiger partial charge in [-0.25, -0.2) is 23.4 Å². The fraction of sp³-hybridized carbons (Fsp3) is 0.194. The summed E-state index contributed by atoms with van der Waals surface area (Å²) in [6.45, 7) is 3.32. The van der Waals surface area contributed by atoms with E-state index in [0.29, 0.717) is 51.9 Å². The molecule has 3 heterocycles. The molecule has 1 saturated heterocycles. The molecule has 1 atom stereocenters. The van der Waals surface area contributed by atoms with E-state index >= 15 is 0 Å². The minimum atomic E-state index is -3.94. The number of anilines is 2. The van der Waals surface area contributed by atoms with Crippen LogP contribution in [0.5, 0.6) is 11.6 Å². The van der Waals surface area contributed by atoms with Crippen molar-refractivity contribution in [3.8, 4) is 22.9 Å². The fourth-order valence-corrected chi connectivity index (χ4v) is 6.51. The highest BCUT2D eigenvalue weighted by Crippen LogP contribution is 2.39. The number of nitrogens with one attached hydrogen (secondary N) is 2. The summed E-state index contributed by atoms with van der Waals surface area (Å²) in [6, 6.07) is 21.1. The van der Waals surface area contributed by atoms with Gasteiger partial charge in [0.05, 0.1) is 34.6 Å². The third-order valence-corrected chi connectivity index (χ3v) is 8.84. The Morgan fingerprint density at radius 1 is 0.952 bits per heavy atom. The second-order valence-corrected chi connectivity index (χ2v) is 12.0. The van der Waals surface area contributed by atoms with Gasteiger partial charge in [-0.2, -0.15) is 0 Å². The first-order chi connectivity index (χ1) is 20.4. The average molecular weight is 602 g/mol. The van der Waals surface area contributed by atoms with Crippen LogP contribution < -0.4 is 14.8 Å². The predicted octanol–water partition coefficient (Wildman–Crippen LogP) is 6.84. The third-order valence-electron chi connectivity index (χ3n) is 6.97. The van der Waals surface area contributed by atoms with Gasteiger partial charge >= 0.3 is 0 Å². The van der Waals surface area contributed by atoms with E-state index in [1.807, 2.05) is 43.3 Å². The van der Waals surface area contributed by atoms with Crippen molar-refractivity contribution in [1.29, 1.82) is 0 Å². The van der Waals surface area contributed by atoms with E-state index in [4.69, 9.17) is 26.1 Å². The molecular weight excluding hydrogens is 574 g/mol. The van der Waals surface area contributed by atoms with Crippen LogP contribution in [0.15, 0.2) is 90.1 Å². The number of sulfonamides is 1. The smallest absolute Gasteiger partial charge is 0.263 e. The lowest BCUT2D eigenvalue weighted by Crippen LogP contribution is -2.30.